The standard InChI is InChI=1S/C14H30N2O4/c1-11(2)15-13(14(17)18)6-7-16(8-9-19-4)12(3)10-20-5/h11-13,15H,6-10H2,1-5H3,(H,17,18). The lowest BCUT2D eigenvalue weighted by atomic mass is 10.1. The van der Waals surface area contributed by atoms with Crippen LogP contribution in [0.5, 0.6) is 0 Å². The van der Waals surface area contributed by atoms with Gasteiger partial charge in [0.2, 0.25) is 0 Å². The highest BCUT2D eigenvalue weighted by Crippen LogP contribution is 2.04. The minimum atomic E-state index is -0.801. The molecule has 0 amide bonds. The molecule has 0 aliphatic heterocycles. The van der Waals surface area contributed by atoms with Crippen LogP contribution >= 0.6 is 0 Å². The minimum absolute atomic E-state index is 0.153. The van der Waals surface area contributed by atoms with Gasteiger partial charge in [-0.15, -0.1) is 0 Å². The summed E-state index contributed by atoms with van der Waals surface area (Å²) in [5.41, 5.74) is 0. The van der Waals surface area contributed by atoms with Gasteiger partial charge in [0.05, 0.1) is 13.2 Å². The highest BCUT2D eigenvalue weighted by molar-refractivity contribution is 5.73. The molecule has 0 spiro atoms. The van der Waals surface area contributed by atoms with Gasteiger partial charge in [-0.3, -0.25) is 9.69 Å². The maximum absolute atomic E-state index is 11.2. The monoisotopic (exact) mass is 290 g/mol. The molecule has 2 unspecified atom stereocenters. The van der Waals surface area contributed by atoms with Crippen molar-refractivity contribution in [2.45, 2.75) is 45.3 Å². The van der Waals surface area contributed by atoms with E-state index in [1.807, 2.05) is 13.8 Å². The van der Waals surface area contributed by atoms with E-state index in [1.165, 1.54) is 0 Å². The second-order valence-corrected chi connectivity index (χ2v) is 5.33. The van der Waals surface area contributed by atoms with Crippen molar-refractivity contribution < 1.29 is 19.4 Å². The average molecular weight is 290 g/mol. The summed E-state index contributed by atoms with van der Waals surface area (Å²) >= 11 is 0. The van der Waals surface area contributed by atoms with Crippen molar-refractivity contribution >= 4 is 5.97 Å². The van der Waals surface area contributed by atoms with Gasteiger partial charge in [0.15, 0.2) is 0 Å². The first-order chi connectivity index (χ1) is 9.42. The van der Waals surface area contributed by atoms with Gasteiger partial charge in [0, 0.05) is 39.4 Å². The second-order valence-electron chi connectivity index (χ2n) is 5.33. The fourth-order valence-electron chi connectivity index (χ4n) is 2.08. The van der Waals surface area contributed by atoms with Crippen LogP contribution in [0.15, 0.2) is 0 Å². The Morgan fingerprint density at radius 2 is 1.85 bits per heavy atom. The molecular formula is C14H30N2O4. The van der Waals surface area contributed by atoms with Crippen LogP contribution in [0.4, 0.5) is 0 Å². The zero-order valence-corrected chi connectivity index (χ0v) is 13.4. The second kappa shape index (κ2) is 11.0. The molecule has 0 aliphatic rings. The Labute approximate surface area is 122 Å². The maximum atomic E-state index is 11.2. The van der Waals surface area contributed by atoms with Crippen LogP contribution < -0.4 is 5.32 Å². The molecule has 20 heavy (non-hydrogen) atoms. The fourth-order valence-corrected chi connectivity index (χ4v) is 2.08. The number of rotatable bonds is 12. The lowest BCUT2D eigenvalue weighted by molar-refractivity contribution is -0.140. The molecule has 0 radical (unpaired) electrons. The lowest BCUT2D eigenvalue weighted by Gasteiger charge is -2.29. The van der Waals surface area contributed by atoms with Crippen LogP contribution in [0.3, 0.4) is 0 Å². The van der Waals surface area contributed by atoms with Crippen LogP contribution in [-0.2, 0) is 14.3 Å². The van der Waals surface area contributed by atoms with Gasteiger partial charge in [-0.05, 0) is 13.3 Å². The Hall–Kier alpha value is -0.690. The number of carbonyl (C=O) groups is 1. The number of methoxy groups -OCH3 is 2. The minimum Gasteiger partial charge on any atom is -0.480 e. The molecular weight excluding hydrogens is 260 g/mol. The Morgan fingerprint density at radius 1 is 1.20 bits per heavy atom. The molecule has 0 saturated carbocycles. The number of aliphatic carboxylic acids is 1. The Kier molecular flexibility index (Phi) is 10.6. The number of nitrogens with one attached hydrogen (secondary N) is 1. The summed E-state index contributed by atoms with van der Waals surface area (Å²) in [6, 6.07) is -0.127. The van der Waals surface area contributed by atoms with E-state index < -0.39 is 12.0 Å². The summed E-state index contributed by atoms with van der Waals surface area (Å²) < 4.78 is 10.3. The average Bonchev–Trinajstić information content (AvgIpc) is 2.36. The molecule has 0 aromatic carbocycles. The molecule has 0 aliphatic carbocycles. The molecule has 0 saturated heterocycles. The van der Waals surface area contributed by atoms with Crippen molar-refractivity contribution in [1.82, 2.24) is 10.2 Å². The molecule has 0 rings (SSSR count). The maximum Gasteiger partial charge on any atom is 0.320 e. The first-order valence-electron chi connectivity index (χ1n) is 7.13. The smallest absolute Gasteiger partial charge is 0.320 e. The molecule has 0 fully saturated rings. The van der Waals surface area contributed by atoms with Gasteiger partial charge in [0.1, 0.15) is 6.04 Å². The summed E-state index contributed by atoms with van der Waals surface area (Å²) in [7, 11) is 3.34. The zero-order valence-electron chi connectivity index (χ0n) is 13.4. The van der Waals surface area contributed by atoms with Crippen LogP contribution in [-0.4, -0.2) is 74.6 Å². The normalized spacial score (nSPS) is 14.8. The SMILES string of the molecule is COCCN(CCC(NC(C)C)C(=O)O)C(C)COC. The van der Waals surface area contributed by atoms with Crippen molar-refractivity contribution in [1.29, 1.82) is 0 Å². The number of ether oxygens (including phenoxy) is 2. The van der Waals surface area contributed by atoms with Gasteiger partial charge in [-0.2, -0.15) is 0 Å². The summed E-state index contributed by atoms with van der Waals surface area (Å²) in [5.74, 6) is -0.801. The summed E-state index contributed by atoms with van der Waals surface area (Å²) in [6.45, 7) is 8.70. The van der Waals surface area contributed by atoms with Crippen LogP contribution in [0.25, 0.3) is 0 Å². The Morgan fingerprint density at radius 3 is 2.30 bits per heavy atom. The van der Waals surface area contributed by atoms with Gasteiger partial charge < -0.3 is 19.9 Å². The number of carboxylic acids is 1. The van der Waals surface area contributed by atoms with Crippen molar-refractivity contribution in [3.05, 3.63) is 0 Å². The molecule has 0 aromatic heterocycles. The zero-order chi connectivity index (χ0) is 15.5. The molecule has 0 heterocycles. The number of hydrogen-bond acceptors (Lipinski definition) is 5. The number of hydrogen-bond donors (Lipinski definition) is 2. The van der Waals surface area contributed by atoms with E-state index in [2.05, 4.69) is 17.1 Å². The van der Waals surface area contributed by atoms with E-state index in [-0.39, 0.29) is 12.1 Å². The van der Waals surface area contributed by atoms with Crippen molar-refractivity contribution in [2.24, 2.45) is 0 Å². The number of carboxylic acid groups (broad SMARTS) is 1. The molecule has 120 valence electrons. The van der Waals surface area contributed by atoms with E-state index in [1.54, 1.807) is 14.2 Å². The van der Waals surface area contributed by atoms with Crippen LogP contribution in [0.2, 0.25) is 0 Å². The van der Waals surface area contributed by atoms with E-state index in [4.69, 9.17) is 9.47 Å². The third kappa shape index (κ3) is 8.47. The Balaban J connectivity index is 4.42. The molecule has 6 nitrogen and oxygen atoms in total. The first-order valence-corrected chi connectivity index (χ1v) is 7.13. The van der Waals surface area contributed by atoms with E-state index in [9.17, 15) is 9.90 Å². The molecule has 0 bridgehead atoms. The van der Waals surface area contributed by atoms with Gasteiger partial charge >= 0.3 is 5.97 Å². The fraction of sp³-hybridized carbons (Fsp3) is 0.929. The third-order valence-corrected chi connectivity index (χ3v) is 3.15. The van der Waals surface area contributed by atoms with E-state index >= 15 is 0 Å². The first kappa shape index (κ1) is 19.3. The van der Waals surface area contributed by atoms with E-state index in [0.717, 1.165) is 6.54 Å². The van der Waals surface area contributed by atoms with Crippen molar-refractivity contribution in [3.8, 4) is 0 Å². The summed E-state index contributed by atoms with van der Waals surface area (Å²) in [5, 5.41) is 12.3. The molecule has 0 aromatic rings. The molecule has 6 heteroatoms. The lowest BCUT2D eigenvalue weighted by Crippen LogP contribution is -2.45. The quantitative estimate of drug-likeness (QED) is 0.554. The molecule has 2 N–H and O–H groups in total. The highest BCUT2D eigenvalue weighted by Gasteiger charge is 2.21. The highest BCUT2D eigenvalue weighted by atomic mass is 16.5. The van der Waals surface area contributed by atoms with Crippen molar-refractivity contribution in [3.63, 3.8) is 0 Å². The topological polar surface area (TPSA) is 71.0 Å². The predicted octanol–water partition coefficient (Wildman–Crippen LogP) is 0.811. The Bertz CT molecular complexity index is 262. The van der Waals surface area contributed by atoms with Gasteiger partial charge in [-0.1, -0.05) is 13.8 Å². The summed E-state index contributed by atoms with van der Waals surface area (Å²) in [6.07, 6.45) is 0.561. The predicted molar refractivity (Wildman–Crippen MR) is 79.1 cm³/mol. The number of nitrogens with zero attached hydrogens (tertiary/aromatic N) is 1. The van der Waals surface area contributed by atoms with Crippen LogP contribution in [0, 0.1) is 0 Å². The van der Waals surface area contributed by atoms with Crippen molar-refractivity contribution in [2.75, 3.05) is 40.5 Å². The third-order valence-electron chi connectivity index (χ3n) is 3.15. The largest absolute Gasteiger partial charge is 0.480 e. The summed E-state index contributed by atoms with van der Waals surface area (Å²) in [4.78, 5) is 13.4. The van der Waals surface area contributed by atoms with E-state index in [0.29, 0.717) is 26.2 Å². The van der Waals surface area contributed by atoms with Crippen LogP contribution in [0.1, 0.15) is 27.2 Å². The van der Waals surface area contributed by atoms with Gasteiger partial charge in [-0.25, -0.2) is 0 Å². The van der Waals surface area contributed by atoms with Gasteiger partial charge in [0.25, 0.3) is 0 Å². The molecule has 2 atom stereocenters.